The van der Waals surface area contributed by atoms with Crippen LogP contribution in [-0.2, 0) is 11.8 Å². The van der Waals surface area contributed by atoms with E-state index >= 15 is 0 Å². The molecule has 3 atom stereocenters. The van der Waals surface area contributed by atoms with E-state index in [0.717, 1.165) is 12.8 Å². The lowest BCUT2D eigenvalue weighted by Crippen LogP contribution is -2.45. The number of carbonyl (C=O) groups is 1. The van der Waals surface area contributed by atoms with Gasteiger partial charge < -0.3 is 24.8 Å². The largest absolute Gasteiger partial charge is 0.495 e. The zero-order valence-electron chi connectivity index (χ0n) is 25.4. The fourth-order valence-electron chi connectivity index (χ4n) is 6.45. The van der Waals surface area contributed by atoms with Crippen molar-refractivity contribution >= 4 is 46.3 Å². The van der Waals surface area contributed by atoms with Crippen LogP contribution in [0.5, 0.6) is 11.5 Å². The summed E-state index contributed by atoms with van der Waals surface area (Å²) >= 11 is 13.2. The molecule has 1 unspecified atom stereocenters. The van der Waals surface area contributed by atoms with Crippen LogP contribution in [0.15, 0.2) is 23.1 Å². The van der Waals surface area contributed by atoms with Crippen LogP contribution in [0.3, 0.4) is 0 Å². The number of carbonyl (C=O) groups excluding carboxylic acids is 1. The van der Waals surface area contributed by atoms with Crippen LogP contribution in [0, 0.1) is 11.8 Å². The van der Waals surface area contributed by atoms with Crippen molar-refractivity contribution in [1.29, 1.82) is 0 Å². The highest BCUT2D eigenvalue weighted by atomic mass is 35.5. The second-order valence-electron chi connectivity index (χ2n) is 12.5. The zero-order chi connectivity index (χ0) is 31.1. The van der Waals surface area contributed by atoms with Gasteiger partial charge in [-0.25, -0.2) is 9.78 Å². The SMILES string of the molecule is COc1cc(OC)c(Cl)c(-c2cc3cnc(N[C@@H]4CC(C5CCCC5)C[C@@H]4NC(=O)OC(C)(C)C)nc3n(C)c2=O)c1Cl. The van der Waals surface area contributed by atoms with E-state index in [2.05, 4.69) is 15.6 Å². The molecule has 2 aliphatic carbocycles. The lowest BCUT2D eigenvalue weighted by Gasteiger charge is -2.25. The van der Waals surface area contributed by atoms with Gasteiger partial charge in [0.1, 0.15) is 22.7 Å². The van der Waals surface area contributed by atoms with E-state index in [4.69, 9.17) is 42.4 Å². The molecule has 0 bridgehead atoms. The number of halogens is 2. The monoisotopic (exact) mass is 631 g/mol. The number of hydrogen-bond donors (Lipinski definition) is 2. The third-order valence-electron chi connectivity index (χ3n) is 8.47. The van der Waals surface area contributed by atoms with Gasteiger partial charge in [0.05, 0.1) is 35.9 Å². The number of aromatic nitrogens is 3. The van der Waals surface area contributed by atoms with Gasteiger partial charge in [-0.2, -0.15) is 4.98 Å². The number of nitrogens with one attached hydrogen (secondary N) is 2. The minimum Gasteiger partial charge on any atom is -0.495 e. The fourth-order valence-corrected chi connectivity index (χ4v) is 7.16. The van der Waals surface area contributed by atoms with Crippen molar-refractivity contribution in [3.63, 3.8) is 0 Å². The van der Waals surface area contributed by atoms with Crippen molar-refractivity contribution in [3.05, 3.63) is 38.7 Å². The molecular formula is C31H39Cl2N5O5. The quantitative estimate of drug-likeness (QED) is 0.300. The number of pyridine rings is 1. The molecule has 2 heterocycles. The van der Waals surface area contributed by atoms with Crippen LogP contribution >= 0.6 is 23.2 Å². The summed E-state index contributed by atoms with van der Waals surface area (Å²) in [4.78, 5) is 35.7. The van der Waals surface area contributed by atoms with E-state index in [-0.39, 0.29) is 33.3 Å². The Hall–Kier alpha value is -3.24. The predicted octanol–water partition coefficient (Wildman–Crippen LogP) is 6.59. The number of anilines is 1. The standard InChI is InChI=1S/C31H39Cl2N5O5/c1-31(2,3)43-30(40)36-21-13-17(16-9-7-8-10-16)12-20(21)35-29-34-15-18-11-19(28(39)38(4)27(18)37-29)24-25(32)22(41-5)14-23(42-6)26(24)33/h11,14-17,20-21H,7-10,12-13H2,1-6H3,(H,36,40)(H,34,35,37)/t17?,20-,21+/m1/s1. The number of nitrogens with zero attached hydrogens (tertiary/aromatic N) is 3. The molecule has 2 saturated carbocycles. The fraction of sp³-hybridized carbons (Fsp3) is 0.548. The third-order valence-corrected chi connectivity index (χ3v) is 9.22. The van der Waals surface area contributed by atoms with Gasteiger partial charge in [-0.1, -0.05) is 48.9 Å². The van der Waals surface area contributed by atoms with Gasteiger partial charge in [0.2, 0.25) is 5.95 Å². The van der Waals surface area contributed by atoms with Crippen LogP contribution < -0.4 is 25.7 Å². The van der Waals surface area contributed by atoms with E-state index in [1.165, 1.54) is 44.5 Å². The number of amides is 1. The van der Waals surface area contributed by atoms with Crippen LogP contribution in [0.4, 0.5) is 10.7 Å². The topological polar surface area (TPSA) is 117 Å². The van der Waals surface area contributed by atoms with Crippen molar-refractivity contribution in [2.75, 3.05) is 19.5 Å². The van der Waals surface area contributed by atoms with Gasteiger partial charge in [0.25, 0.3) is 5.56 Å². The molecule has 10 nitrogen and oxygen atoms in total. The number of alkyl carbamates (subject to hydrolysis) is 1. The van der Waals surface area contributed by atoms with Gasteiger partial charge in [-0.15, -0.1) is 0 Å². The lowest BCUT2D eigenvalue weighted by atomic mass is 9.89. The Morgan fingerprint density at radius 2 is 1.63 bits per heavy atom. The lowest BCUT2D eigenvalue weighted by molar-refractivity contribution is 0.0501. The molecule has 43 heavy (non-hydrogen) atoms. The molecular weight excluding hydrogens is 593 g/mol. The first kappa shape index (κ1) is 31.2. The molecule has 5 rings (SSSR count). The summed E-state index contributed by atoms with van der Waals surface area (Å²) < 4.78 is 17.8. The Bertz CT molecular complexity index is 1550. The average Bonchev–Trinajstić information content (AvgIpc) is 3.61. The molecule has 2 aromatic heterocycles. The van der Waals surface area contributed by atoms with Gasteiger partial charge >= 0.3 is 6.09 Å². The summed E-state index contributed by atoms with van der Waals surface area (Å²) in [5.41, 5.74) is 0.0808. The molecule has 2 N–H and O–H groups in total. The summed E-state index contributed by atoms with van der Waals surface area (Å²) in [6.45, 7) is 5.55. The molecule has 232 valence electrons. The molecule has 1 aromatic carbocycles. The van der Waals surface area contributed by atoms with Crippen molar-refractivity contribution in [3.8, 4) is 22.6 Å². The minimum atomic E-state index is -0.591. The molecule has 12 heteroatoms. The highest BCUT2D eigenvalue weighted by Gasteiger charge is 2.40. The molecule has 2 fully saturated rings. The number of methoxy groups -OCH3 is 2. The Morgan fingerprint density at radius 1 is 1.00 bits per heavy atom. The number of benzene rings is 1. The van der Waals surface area contributed by atoms with E-state index < -0.39 is 11.7 Å². The first-order valence-corrected chi connectivity index (χ1v) is 15.4. The first-order chi connectivity index (χ1) is 20.4. The Balaban J connectivity index is 1.46. The zero-order valence-corrected chi connectivity index (χ0v) is 26.9. The average molecular weight is 633 g/mol. The van der Waals surface area contributed by atoms with Crippen LogP contribution in [0.25, 0.3) is 22.2 Å². The second kappa shape index (κ2) is 12.4. The van der Waals surface area contributed by atoms with Crippen LogP contribution in [0.2, 0.25) is 10.0 Å². The van der Waals surface area contributed by atoms with E-state index in [1.807, 2.05) is 20.8 Å². The summed E-state index contributed by atoms with van der Waals surface area (Å²) in [6, 6.07) is 3.02. The Labute approximate surface area is 261 Å². The Morgan fingerprint density at radius 3 is 2.23 bits per heavy atom. The van der Waals surface area contributed by atoms with E-state index in [1.54, 1.807) is 25.4 Å². The molecule has 0 aliphatic heterocycles. The maximum atomic E-state index is 13.6. The van der Waals surface area contributed by atoms with Crippen molar-refractivity contribution in [1.82, 2.24) is 19.9 Å². The summed E-state index contributed by atoms with van der Waals surface area (Å²) in [5, 5.41) is 7.57. The number of fused-ring (bicyclic) bond motifs is 1. The highest BCUT2D eigenvalue weighted by Crippen LogP contribution is 2.45. The number of rotatable bonds is 7. The van der Waals surface area contributed by atoms with Gasteiger partial charge in [0.15, 0.2) is 0 Å². The summed E-state index contributed by atoms with van der Waals surface area (Å²) in [5.74, 6) is 2.18. The third kappa shape index (κ3) is 6.50. The predicted molar refractivity (Wildman–Crippen MR) is 169 cm³/mol. The molecule has 0 spiro atoms. The highest BCUT2D eigenvalue weighted by molar-refractivity contribution is 6.41. The van der Waals surface area contributed by atoms with Crippen LogP contribution in [0.1, 0.15) is 59.3 Å². The van der Waals surface area contributed by atoms with E-state index in [9.17, 15) is 9.59 Å². The van der Waals surface area contributed by atoms with Crippen molar-refractivity contribution < 1.29 is 19.0 Å². The minimum absolute atomic E-state index is 0.0891. The first-order valence-electron chi connectivity index (χ1n) is 14.6. The molecule has 3 aromatic rings. The number of ether oxygens (including phenoxy) is 3. The molecule has 2 aliphatic rings. The smallest absolute Gasteiger partial charge is 0.407 e. The maximum Gasteiger partial charge on any atom is 0.407 e. The van der Waals surface area contributed by atoms with E-state index in [0.29, 0.717) is 45.9 Å². The normalized spacial score (nSPS) is 20.8. The Kier molecular flexibility index (Phi) is 9.00. The summed E-state index contributed by atoms with van der Waals surface area (Å²) in [7, 11) is 4.60. The van der Waals surface area contributed by atoms with Gasteiger partial charge in [0, 0.05) is 36.3 Å². The van der Waals surface area contributed by atoms with Gasteiger partial charge in [-0.3, -0.25) is 9.36 Å². The number of aryl methyl sites for hydroxylation is 1. The summed E-state index contributed by atoms with van der Waals surface area (Å²) in [6.07, 6.45) is 7.94. The molecule has 1 amide bonds. The molecule has 0 saturated heterocycles. The second-order valence-corrected chi connectivity index (χ2v) is 13.2. The molecule has 0 radical (unpaired) electrons. The number of hydrogen-bond acceptors (Lipinski definition) is 8. The van der Waals surface area contributed by atoms with Crippen molar-refractivity contribution in [2.24, 2.45) is 18.9 Å². The van der Waals surface area contributed by atoms with Crippen molar-refractivity contribution in [2.45, 2.75) is 77.0 Å². The van der Waals surface area contributed by atoms with Gasteiger partial charge in [-0.05, 0) is 51.5 Å². The van der Waals surface area contributed by atoms with Crippen LogP contribution in [-0.4, -0.2) is 52.5 Å². The maximum absolute atomic E-state index is 13.6.